The lowest BCUT2D eigenvalue weighted by molar-refractivity contribution is -0.127. The minimum Gasteiger partial charge on any atom is -0.464 e. The highest BCUT2D eigenvalue weighted by atomic mass is 16.3. The quantitative estimate of drug-likeness (QED) is 0.545. The standard InChI is InChI=1S/C25H27N3O5/c1-17-13-14-20(33-17)23(25(31)27-18-8-5-6-9-18)28(19-10-3-2-4-11-19)22(29)16-26-24(30)21-12-7-15-32-21/h2-4,7,10-15,18,23H,5-6,8-9,16H2,1H3,(H,26,30)(H,27,31)/t23-/m1/s1. The second-order valence-electron chi connectivity index (χ2n) is 8.10. The normalized spacial score (nSPS) is 14.6. The van der Waals surface area contributed by atoms with Gasteiger partial charge in [0, 0.05) is 11.7 Å². The van der Waals surface area contributed by atoms with Crippen LogP contribution in [0.1, 0.15) is 53.8 Å². The maximum Gasteiger partial charge on any atom is 0.287 e. The van der Waals surface area contributed by atoms with Gasteiger partial charge in [-0.1, -0.05) is 31.0 Å². The SMILES string of the molecule is Cc1ccc([C@H](C(=O)NC2CCCC2)N(C(=O)CNC(=O)c2ccco2)c2ccccc2)o1. The smallest absolute Gasteiger partial charge is 0.287 e. The van der Waals surface area contributed by atoms with Crippen LogP contribution in [0.5, 0.6) is 0 Å². The Morgan fingerprint density at radius 1 is 1.03 bits per heavy atom. The van der Waals surface area contributed by atoms with Gasteiger partial charge in [-0.25, -0.2) is 0 Å². The first kappa shape index (κ1) is 22.4. The van der Waals surface area contributed by atoms with Gasteiger partial charge in [-0.15, -0.1) is 0 Å². The van der Waals surface area contributed by atoms with Crippen LogP contribution in [-0.4, -0.2) is 30.3 Å². The molecule has 3 aromatic rings. The zero-order valence-electron chi connectivity index (χ0n) is 18.5. The van der Waals surface area contributed by atoms with Crippen molar-refractivity contribution in [2.75, 3.05) is 11.4 Å². The Kier molecular flexibility index (Phi) is 6.92. The van der Waals surface area contributed by atoms with Gasteiger partial charge >= 0.3 is 0 Å². The van der Waals surface area contributed by atoms with E-state index in [0.29, 0.717) is 17.2 Å². The molecule has 0 bridgehead atoms. The molecule has 1 atom stereocenters. The van der Waals surface area contributed by atoms with Crippen molar-refractivity contribution >= 4 is 23.4 Å². The van der Waals surface area contributed by atoms with Crippen LogP contribution in [0.4, 0.5) is 5.69 Å². The van der Waals surface area contributed by atoms with Crippen LogP contribution in [0.15, 0.2) is 69.7 Å². The van der Waals surface area contributed by atoms with E-state index in [1.54, 1.807) is 49.4 Å². The van der Waals surface area contributed by atoms with Crippen LogP contribution >= 0.6 is 0 Å². The van der Waals surface area contributed by atoms with Crippen LogP contribution < -0.4 is 15.5 Å². The van der Waals surface area contributed by atoms with Gasteiger partial charge in [0.05, 0.1) is 12.8 Å². The van der Waals surface area contributed by atoms with Crippen molar-refractivity contribution in [1.29, 1.82) is 0 Å². The second-order valence-corrected chi connectivity index (χ2v) is 8.10. The van der Waals surface area contributed by atoms with Gasteiger partial charge in [0.25, 0.3) is 11.8 Å². The summed E-state index contributed by atoms with van der Waals surface area (Å²) in [7, 11) is 0. The number of hydrogen-bond donors (Lipinski definition) is 2. The number of hydrogen-bond acceptors (Lipinski definition) is 5. The molecule has 0 unspecified atom stereocenters. The monoisotopic (exact) mass is 449 g/mol. The van der Waals surface area contributed by atoms with E-state index in [0.717, 1.165) is 25.7 Å². The molecular formula is C25H27N3O5. The fourth-order valence-corrected chi connectivity index (χ4v) is 4.09. The molecular weight excluding hydrogens is 422 g/mol. The minimum absolute atomic E-state index is 0.0717. The predicted octanol–water partition coefficient (Wildman–Crippen LogP) is 3.74. The number of carbonyl (C=O) groups is 3. The van der Waals surface area contributed by atoms with Crippen molar-refractivity contribution in [3.8, 4) is 0 Å². The minimum atomic E-state index is -1.02. The summed E-state index contributed by atoms with van der Waals surface area (Å²) < 4.78 is 10.9. The molecule has 0 radical (unpaired) electrons. The number of nitrogens with one attached hydrogen (secondary N) is 2. The van der Waals surface area contributed by atoms with E-state index in [1.807, 2.05) is 6.07 Å². The third-order valence-electron chi connectivity index (χ3n) is 5.69. The molecule has 1 fully saturated rings. The third kappa shape index (κ3) is 5.34. The molecule has 0 saturated heterocycles. The van der Waals surface area contributed by atoms with Crippen molar-refractivity contribution in [1.82, 2.24) is 10.6 Å². The number of amides is 3. The van der Waals surface area contributed by atoms with E-state index >= 15 is 0 Å². The lowest BCUT2D eigenvalue weighted by Gasteiger charge is -2.31. The molecule has 2 aromatic heterocycles. The predicted molar refractivity (Wildman–Crippen MR) is 122 cm³/mol. The second kappa shape index (κ2) is 10.2. The summed E-state index contributed by atoms with van der Waals surface area (Å²) in [6, 6.07) is 14.5. The highest BCUT2D eigenvalue weighted by Crippen LogP contribution is 2.30. The molecule has 1 aromatic carbocycles. The van der Waals surface area contributed by atoms with E-state index in [4.69, 9.17) is 8.83 Å². The van der Waals surface area contributed by atoms with E-state index in [9.17, 15) is 14.4 Å². The molecule has 8 heteroatoms. The lowest BCUT2D eigenvalue weighted by atomic mass is 10.1. The van der Waals surface area contributed by atoms with Crippen molar-refractivity contribution in [2.24, 2.45) is 0 Å². The third-order valence-corrected chi connectivity index (χ3v) is 5.69. The number of para-hydroxylation sites is 1. The van der Waals surface area contributed by atoms with Crippen molar-refractivity contribution in [2.45, 2.75) is 44.7 Å². The first-order valence-electron chi connectivity index (χ1n) is 11.1. The highest BCUT2D eigenvalue weighted by Gasteiger charge is 2.36. The van der Waals surface area contributed by atoms with E-state index < -0.39 is 17.9 Å². The number of aryl methyl sites for hydroxylation is 1. The average molecular weight is 450 g/mol. The van der Waals surface area contributed by atoms with E-state index in [1.165, 1.54) is 17.2 Å². The topological polar surface area (TPSA) is 105 Å². The Morgan fingerprint density at radius 2 is 1.79 bits per heavy atom. The number of rotatable bonds is 8. The van der Waals surface area contributed by atoms with Gasteiger partial charge in [-0.05, 0) is 56.2 Å². The summed E-state index contributed by atoms with van der Waals surface area (Å²) in [6.07, 6.45) is 5.34. The summed E-state index contributed by atoms with van der Waals surface area (Å²) in [6.45, 7) is 1.47. The lowest BCUT2D eigenvalue weighted by Crippen LogP contribution is -2.49. The first-order chi connectivity index (χ1) is 16.0. The highest BCUT2D eigenvalue weighted by molar-refractivity contribution is 6.04. The summed E-state index contributed by atoms with van der Waals surface area (Å²) in [5.74, 6) is -0.186. The van der Waals surface area contributed by atoms with Crippen molar-refractivity contribution in [3.63, 3.8) is 0 Å². The van der Waals surface area contributed by atoms with Gasteiger partial charge in [-0.2, -0.15) is 0 Å². The summed E-state index contributed by atoms with van der Waals surface area (Å²) in [5.41, 5.74) is 0.523. The molecule has 1 aliphatic carbocycles. The molecule has 2 heterocycles. The fraction of sp³-hybridized carbons (Fsp3) is 0.320. The Morgan fingerprint density at radius 3 is 2.42 bits per heavy atom. The van der Waals surface area contributed by atoms with Gasteiger partial charge in [0.1, 0.15) is 11.5 Å². The molecule has 1 saturated carbocycles. The molecule has 4 rings (SSSR count). The molecule has 8 nitrogen and oxygen atoms in total. The van der Waals surface area contributed by atoms with Crippen molar-refractivity contribution < 1.29 is 23.2 Å². The van der Waals surface area contributed by atoms with Gasteiger partial charge in [0.2, 0.25) is 5.91 Å². The van der Waals surface area contributed by atoms with Gasteiger partial charge < -0.3 is 19.5 Å². The maximum absolute atomic E-state index is 13.5. The number of furan rings is 2. The largest absolute Gasteiger partial charge is 0.464 e. The number of carbonyl (C=O) groups excluding carboxylic acids is 3. The van der Waals surface area contributed by atoms with E-state index in [-0.39, 0.29) is 24.3 Å². The zero-order valence-corrected chi connectivity index (χ0v) is 18.5. The molecule has 172 valence electrons. The molecule has 0 spiro atoms. The Balaban J connectivity index is 1.63. The van der Waals surface area contributed by atoms with Crippen LogP contribution in [0.2, 0.25) is 0 Å². The van der Waals surface area contributed by atoms with Crippen molar-refractivity contribution in [3.05, 3.63) is 78.1 Å². The summed E-state index contributed by atoms with van der Waals surface area (Å²) >= 11 is 0. The first-order valence-corrected chi connectivity index (χ1v) is 11.1. The Bertz CT molecular complexity index is 1080. The molecule has 33 heavy (non-hydrogen) atoms. The zero-order chi connectivity index (χ0) is 23.2. The van der Waals surface area contributed by atoms with Gasteiger partial charge in [-0.3, -0.25) is 19.3 Å². The fourth-order valence-electron chi connectivity index (χ4n) is 4.09. The van der Waals surface area contributed by atoms with Crippen LogP contribution in [0.3, 0.4) is 0 Å². The molecule has 0 aliphatic heterocycles. The van der Waals surface area contributed by atoms with Crippen LogP contribution in [0.25, 0.3) is 0 Å². The molecule has 2 N–H and O–H groups in total. The number of anilines is 1. The summed E-state index contributed by atoms with van der Waals surface area (Å²) in [5, 5.41) is 5.66. The number of benzene rings is 1. The average Bonchev–Trinajstić information content (AvgIpc) is 3.59. The van der Waals surface area contributed by atoms with Crippen LogP contribution in [0, 0.1) is 6.92 Å². The molecule has 3 amide bonds. The molecule has 1 aliphatic rings. The Labute approximate surface area is 191 Å². The Hall–Kier alpha value is -3.81. The van der Waals surface area contributed by atoms with E-state index in [2.05, 4.69) is 10.6 Å². The van der Waals surface area contributed by atoms with Crippen LogP contribution in [-0.2, 0) is 9.59 Å². The van der Waals surface area contributed by atoms with Gasteiger partial charge in [0.15, 0.2) is 11.8 Å². The maximum atomic E-state index is 13.5. The number of nitrogens with zero attached hydrogens (tertiary/aromatic N) is 1. The summed E-state index contributed by atoms with van der Waals surface area (Å²) in [4.78, 5) is 40.6.